The zero-order valence-corrected chi connectivity index (χ0v) is 12.1. The van der Waals surface area contributed by atoms with Crippen molar-refractivity contribution in [3.8, 4) is 0 Å². The summed E-state index contributed by atoms with van der Waals surface area (Å²) in [4.78, 5) is 14.5. The van der Waals surface area contributed by atoms with Crippen LogP contribution in [0.2, 0.25) is 0 Å². The average molecular weight is 259 g/mol. The fraction of sp³-hybridized carbons (Fsp3) is 0.533. The Hall–Kier alpha value is -1.55. The van der Waals surface area contributed by atoms with Gasteiger partial charge in [0, 0.05) is 19.6 Å². The molecule has 1 fully saturated rings. The Morgan fingerprint density at radius 2 is 1.74 bits per heavy atom. The minimum atomic E-state index is -0.0681. The lowest BCUT2D eigenvalue weighted by Gasteiger charge is -2.43. The Balaban J connectivity index is 2.24. The molecule has 1 saturated heterocycles. The van der Waals surface area contributed by atoms with Crippen molar-refractivity contribution in [2.45, 2.75) is 33.7 Å². The molecule has 0 bridgehead atoms. The minimum Gasteiger partial charge on any atom is -0.355 e. The molecule has 2 N–H and O–H groups in total. The zero-order chi connectivity index (χ0) is 13.7. The first-order valence-electron chi connectivity index (χ1n) is 6.91. The Morgan fingerprint density at radius 3 is 2.47 bits per heavy atom. The first kappa shape index (κ1) is 12.5. The highest BCUT2D eigenvalue weighted by atomic mass is 16.2. The molecule has 1 aromatic carbocycles. The van der Waals surface area contributed by atoms with Crippen LogP contribution in [0.1, 0.15) is 22.3 Å². The topological polar surface area (TPSA) is 44.4 Å². The summed E-state index contributed by atoms with van der Waals surface area (Å²) in [5, 5.41) is 6.42. The number of amides is 1. The van der Waals surface area contributed by atoms with E-state index in [1.165, 1.54) is 27.9 Å². The molecular formula is C15H21N3O. The summed E-state index contributed by atoms with van der Waals surface area (Å²) in [7, 11) is 0. The van der Waals surface area contributed by atoms with Gasteiger partial charge in [0.25, 0.3) is 0 Å². The van der Waals surface area contributed by atoms with E-state index >= 15 is 0 Å². The number of fused-ring (bicyclic) bond motifs is 3. The number of carbonyl (C=O) groups is 1. The van der Waals surface area contributed by atoms with Gasteiger partial charge in [-0.05, 0) is 49.9 Å². The molecule has 0 aromatic heterocycles. The molecule has 0 spiro atoms. The fourth-order valence-electron chi connectivity index (χ4n) is 3.22. The van der Waals surface area contributed by atoms with Crippen LogP contribution in [-0.4, -0.2) is 31.6 Å². The van der Waals surface area contributed by atoms with Gasteiger partial charge < -0.3 is 15.5 Å². The summed E-state index contributed by atoms with van der Waals surface area (Å²) in [6.45, 7) is 11.1. The van der Waals surface area contributed by atoms with Gasteiger partial charge in [-0.2, -0.15) is 0 Å². The van der Waals surface area contributed by atoms with Crippen LogP contribution in [-0.2, 0) is 4.79 Å². The molecule has 1 atom stereocenters. The summed E-state index contributed by atoms with van der Waals surface area (Å²) < 4.78 is 0. The van der Waals surface area contributed by atoms with Crippen molar-refractivity contribution >= 4 is 17.3 Å². The Kier molecular flexibility index (Phi) is 2.78. The van der Waals surface area contributed by atoms with Crippen LogP contribution >= 0.6 is 0 Å². The van der Waals surface area contributed by atoms with E-state index in [0.29, 0.717) is 0 Å². The number of hydrogen-bond donors (Lipinski definition) is 2. The van der Waals surface area contributed by atoms with Crippen molar-refractivity contribution in [3.05, 3.63) is 22.3 Å². The lowest BCUT2D eigenvalue weighted by molar-refractivity contribution is -0.117. The third-order valence-corrected chi connectivity index (χ3v) is 4.74. The predicted octanol–water partition coefficient (Wildman–Crippen LogP) is 1.65. The maximum absolute atomic E-state index is 12.3. The van der Waals surface area contributed by atoms with Gasteiger partial charge in [0.15, 0.2) is 0 Å². The molecule has 1 amide bonds. The Morgan fingerprint density at radius 1 is 1.05 bits per heavy atom. The highest BCUT2D eigenvalue weighted by Gasteiger charge is 2.36. The fourth-order valence-corrected chi connectivity index (χ4v) is 3.22. The molecule has 2 aliphatic heterocycles. The number of hydrogen-bond acceptors (Lipinski definition) is 3. The van der Waals surface area contributed by atoms with Crippen LogP contribution < -0.4 is 15.5 Å². The van der Waals surface area contributed by atoms with Gasteiger partial charge in [0.2, 0.25) is 5.91 Å². The summed E-state index contributed by atoms with van der Waals surface area (Å²) in [5.41, 5.74) is 7.36. The molecule has 2 aliphatic rings. The maximum Gasteiger partial charge on any atom is 0.248 e. The van der Waals surface area contributed by atoms with E-state index < -0.39 is 0 Å². The number of piperazine rings is 1. The van der Waals surface area contributed by atoms with Gasteiger partial charge >= 0.3 is 0 Å². The summed E-state index contributed by atoms with van der Waals surface area (Å²) in [5.74, 6) is 0.116. The van der Waals surface area contributed by atoms with E-state index in [-0.39, 0.29) is 11.9 Å². The summed E-state index contributed by atoms with van der Waals surface area (Å²) in [6.07, 6.45) is 0. The SMILES string of the molecule is Cc1c(C)c(C)c2c(c1C)NC(=O)C1CNCCN21. The molecule has 1 unspecified atom stereocenters. The van der Waals surface area contributed by atoms with E-state index in [1.54, 1.807) is 0 Å². The lowest BCUT2D eigenvalue weighted by atomic mass is 9.92. The maximum atomic E-state index is 12.3. The quantitative estimate of drug-likeness (QED) is 0.744. The number of anilines is 2. The smallest absolute Gasteiger partial charge is 0.248 e. The molecule has 19 heavy (non-hydrogen) atoms. The highest BCUT2D eigenvalue weighted by molar-refractivity contribution is 6.05. The zero-order valence-electron chi connectivity index (χ0n) is 12.1. The van der Waals surface area contributed by atoms with Crippen molar-refractivity contribution in [2.24, 2.45) is 0 Å². The first-order chi connectivity index (χ1) is 9.02. The normalized spacial score (nSPS) is 21.8. The number of benzene rings is 1. The van der Waals surface area contributed by atoms with Gasteiger partial charge in [0.05, 0.1) is 11.4 Å². The Bertz CT molecular complexity index is 565. The van der Waals surface area contributed by atoms with Crippen LogP contribution in [0.15, 0.2) is 0 Å². The van der Waals surface area contributed by atoms with Crippen LogP contribution in [0, 0.1) is 27.7 Å². The van der Waals surface area contributed by atoms with Crippen LogP contribution in [0.5, 0.6) is 0 Å². The van der Waals surface area contributed by atoms with E-state index in [1.807, 2.05) is 0 Å². The molecule has 102 valence electrons. The Labute approximate surface area is 114 Å². The van der Waals surface area contributed by atoms with E-state index in [0.717, 1.165) is 25.3 Å². The third-order valence-electron chi connectivity index (χ3n) is 4.74. The van der Waals surface area contributed by atoms with Crippen LogP contribution in [0.4, 0.5) is 11.4 Å². The number of nitrogens with one attached hydrogen (secondary N) is 2. The van der Waals surface area contributed by atoms with Gasteiger partial charge in [-0.3, -0.25) is 4.79 Å². The monoisotopic (exact) mass is 259 g/mol. The van der Waals surface area contributed by atoms with Gasteiger partial charge in [-0.15, -0.1) is 0 Å². The van der Waals surface area contributed by atoms with Crippen LogP contribution in [0.25, 0.3) is 0 Å². The molecule has 4 nitrogen and oxygen atoms in total. The predicted molar refractivity (Wildman–Crippen MR) is 78.0 cm³/mol. The highest BCUT2D eigenvalue weighted by Crippen LogP contribution is 2.41. The van der Waals surface area contributed by atoms with E-state index in [4.69, 9.17) is 0 Å². The molecule has 4 heteroatoms. The first-order valence-corrected chi connectivity index (χ1v) is 6.91. The molecule has 3 rings (SSSR count). The number of rotatable bonds is 0. The third kappa shape index (κ3) is 1.66. The van der Waals surface area contributed by atoms with E-state index in [9.17, 15) is 4.79 Å². The molecule has 0 aliphatic carbocycles. The summed E-state index contributed by atoms with van der Waals surface area (Å²) in [6, 6.07) is -0.0681. The van der Waals surface area contributed by atoms with Gasteiger partial charge in [-0.1, -0.05) is 0 Å². The lowest BCUT2D eigenvalue weighted by Crippen LogP contribution is -2.59. The van der Waals surface area contributed by atoms with Crippen molar-refractivity contribution in [1.82, 2.24) is 5.32 Å². The standard InChI is InChI=1S/C15H21N3O/c1-8-9(2)11(4)14-13(10(8)3)17-15(19)12-7-16-5-6-18(12)14/h12,16H,5-7H2,1-4H3,(H,17,19). The molecule has 0 saturated carbocycles. The van der Waals surface area contributed by atoms with Crippen molar-refractivity contribution in [2.75, 3.05) is 29.9 Å². The second-order valence-electron chi connectivity index (χ2n) is 5.63. The van der Waals surface area contributed by atoms with Gasteiger partial charge in [-0.25, -0.2) is 0 Å². The second-order valence-corrected chi connectivity index (χ2v) is 5.63. The largest absolute Gasteiger partial charge is 0.355 e. The van der Waals surface area contributed by atoms with E-state index in [2.05, 4.69) is 43.2 Å². The number of carbonyl (C=O) groups excluding carboxylic acids is 1. The molecule has 0 radical (unpaired) electrons. The van der Waals surface area contributed by atoms with Gasteiger partial charge in [0.1, 0.15) is 6.04 Å². The average Bonchev–Trinajstić information content (AvgIpc) is 2.43. The van der Waals surface area contributed by atoms with Crippen molar-refractivity contribution < 1.29 is 4.79 Å². The number of nitrogens with zero attached hydrogens (tertiary/aromatic N) is 1. The van der Waals surface area contributed by atoms with Crippen LogP contribution in [0.3, 0.4) is 0 Å². The summed E-state index contributed by atoms with van der Waals surface area (Å²) >= 11 is 0. The second kappa shape index (κ2) is 4.23. The van der Waals surface area contributed by atoms with Crippen molar-refractivity contribution in [3.63, 3.8) is 0 Å². The molecular weight excluding hydrogens is 238 g/mol. The molecule has 1 aromatic rings. The minimum absolute atomic E-state index is 0.0681. The van der Waals surface area contributed by atoms with Crippen molar-refractivity contribution in [1.29, 1.82) is 0 Å². The molecule has 2 heterocycles.